The van der Waals surface area contributed by atoms with Crippen LogP contribution >= 0.6 is 0 Å². The fourth-order valence-corrected chi connectivity index (χ4v) is 1.38. The SMILES string of the molecule is CN(/C=C\C=C(\N)C=O)C1CCC1O. The second kappa shape index (κ2) is 4.81. The number of aldehydes is 1. The molecule has 4 nitrogen and oxygen atoms in total. The van der Waals surface area contributed by atoms with Crippen molar-refractivity contribution in [3.8, 4) is 0 Å². The summed E-state index contributed by atoms with van der Waals surface area (Å²) in [4.78, 5) is 12.1. The number of rotatable bonds is 4. The van der Waals surface area contributed by atoms with Crippen LogP contribution in [0.3, 0.4) is 0 Å². The fourth-order valence-electron chi connectivity index (χ4n) is 1.38. The standard InChI is InChI=1S/C10H16N2O2/c1-12(9-4-5-10(9)14)6-2-3-8(11)7-13/h2-3,6-7,9-10,14H,4-5,11H2,1H3/b6-2-,8-3+. The lowest BCUT2D eigenvalue weighted by atomic mass is 9.88. The molecule has 2 atom stereocenters. The molecule has 0 saturated heterocycles. The summed E-state index contributed by atoms with van der Waals surface area (Å²) in [5.74, 6) is 0. The molecule has 0 radical (unpaired) electrons. The summed E-state index contributed by atoms with van der Waals surface area (Å²) in [5, 5.41) is 9.36. The van der Waals surface area contributed by atoms with Crippen LogP contribution < -0.4 is 5.73 Å². The number of likely N-dealkylation sites (N-methyl/N-ethyl adjacent to an activating group) is 1. The van der Waals surface area contributed by atoms with Crippen molar-refractivity contribution >= 4 is 6.29 Å². The van der Waals surface area contributed by atoms with Gasteiger partial charge in [0.25, 0.3) is 0 Å². The smallest absolute Gasteiger partial charge is 0.165 e. The molecule has 0 aliphatic heterocycles. The maximum Gasteiger partial charge on any atom is 0.165 e. The van der Waals surface area contributed by atoms with Crippen molar-refractivity contribution in [3.05, 3.63) is 24.0 Å². The van der Waals surface area contributed by atoms with Crippen molar-refractivity contribution in [2.45, 2.75) is 25.0 Å². The Hall–Kier alpha value is -1.29. The van der Waals surface area contributed by atoms with E-state index < -0.39 is 0 Å². The molecule has 0 amide bonds. The van der Waals surface area contributed by atoms with Gasteiger partial charge in [-0.3, -0.25) is 4.79 Å². The van der Waals surface area contributed by atoms with E-state index in [1.807, 2.05) is 18.1 Å². The van der Waals surface area contributed by atoms with Gasteiger partial charge in [-0.25, -0.2) is 0 Å². The summed E-state index contributed by atoms with van der Waals surface area (Å²) < 4.78 is 0. The van der Waals surface area contributed by atoms with Crippen molar-refractivity contribution in [1.82, 2.24) is 4.90 Å². The Morgan fingerprint density at radius 3 is 2.71 bits per heavy atom. The van der Waals surface area contributed by atoms with Crippen LogP contribution in [0.1, 0.15) is 12.8 Å². The van der Waals surface area contributed by atoms with Crippen molar-refractivity contribution < 1.29 is 9.90 Å². The van der Waals surface area contributed by atoms with Crippen LogP contribution in [-0.2, 0) is 4.79 Å². The lowest BCUT2D eigenvalue weighted by Crippen LogP contribution is -2.46. The van der Waals surface area contributed by atoms with Gasteiger partial charge in [0, 0.05) is 7.05 Å². The molecule has 0 heterocycles. The van der Waals surface area contributed by atoms with Crippen LogP contribution in [0.5, 0.6) is 0 Å². The average Bonchev–Trinajstić information content (AvgIpc) is 2.15. The van der Waals surface area contributed by atoms with Gasteiger partial charge in [-0.2, -0.15) is 0 Å². The molecule has 1 rings (SSSR count). The minimum Gasteiger partial charge on any atom is -0.396 e. The first-order valence-corrected chi connectivity index (χ1v) is 4.64. The van der Waals surface area contributed by atoms with Gasteiger partial charge in [-0.1, -0.05) is 0 Å². The first-order valence-electron chi connectivity index (χ1n) is 4.64. The lowest BCUT2D eigenvalue weighted by molar-refractivity contribution is -0.104. The Morgan fingerprint density at radius 1 is 1.57 bits per heavy atom. The molecule has 14 heavy (non-hydrogen) atoms. The van der Waals surface area contributed by atoms with E-state index in [9.17, 15) is 9.90 Å². The van der Waals surface area contributed by atoms with Crippen LogP contribution in [0.25, 0.3) is 0 Å². The zero-order chi connectivity index (χ0) is 10.6. The average molecular weight is 196 g/mol. The third-order valence-corrected chi connectivity index (χ3v) is 2.47. The van der Waals surface area contributed by atoms with Gasteiger partial charge < -0.3 is 15.7 Å². The Balaban J connectivity index is 2.39. The van der Waals surface area contributed by atoms with Crippen LogP contribution in [0.2, 0.25) is 0 Å². The van der Waals surface area contributed by atoms with Crippen molar-refractivity contribution in [2.75, 3.05) is 7.05 Å². The van der Waals surface area contributed by atoms with Gasteiger partial charge >= 0.3 is 0 Å². The number of hydrogen-bond donors (Lipinski definition) is 2. The van der Waals surface area contributed by atoms with Crippen molar-refractivity contribution in [1.29, 1.82) is 0 Å². The highest BCUT2D eigenvalue weighted by atomic mass is 16.3. The number of aliphatic hydroxyl groups is 1. The predicted molar refractivity (Wildman–Crippen MR) is 54.3 cm³/mol. The predicted octanol–water partition coefficient (Wildman–Crippen LogP) is -0.00330. The van der Waals surface area contributed by atoms with Gasteiger partial charge in [-0.05, 0) is 31.2 Å². The van der Waals surface area contributed by atoms with Crippen LogP contribution in [0, 0.1) is 0 Å². The van der Waals surface area contributed by atoms with E-state index in [4.69, 9.17) is 5.73 Å². The van der Waals surface area contributed by atoms with Crippen molar-refractivity contribution in [2.24, 2.45) is 5.73 Å². The first-order chi connectivity index (χ1) is 6.65. The minimum atomic E-state index is -0.225. The Bertz CT molecular complexity index is 261. The summed E-state index contributed by atoms with van der Waals surface area (Å²) in [6, 6.07) is 0.206. The Kier molecular flexibility index (Phi) is 3.71. The number of carbonyl (C=O) groups excluding carboxylic acids is 1. The number of aliphatic hydroxyl groups excluding tert-OH is 1. The van der Waals surface area contributed by atoms with Gasteiger partial charge in [0.05, 0.1) is 17.8 Å². The lowest BCUT2D eigenvalue weighted by Gasteiger charge is -2.38. The molecular formula is C10H16N2O2. The van der Waals surface area contributed by atoms with Crippen LogP contribution in [-0.4, -0.2) is 35.5 Å². The molecule has 0 bridgehead atoms. The van der Waals surface area contributed by atoms with Crippen LogP contribution in [0.4, 0.5) is 0 Å². The number of carbonyl (C=O) groups is 1. The van der Waals surface area contributed by atoms with E-state index in [0.717, 1.165) is 12.8 Å². The maximum absolute atomic E-state index is 10.2. The maximum atomic E-state index is 10.2. The normalized spacial score (nSPS) is 27.4. The molecule has 2 unspecified atom stereocenters. The number of allylic oxidation sites excluding steroid dienone is 3. The molecule has 1 saturated carbocycles. The van der Waals surface area contributed by atoms with E-state index in [0.29, 0.717) is 6.29 Å². The first kappa shape index (κ1) is 10.8. The van der Waals surface area contributed by atoms with Gasteiger partial charge in [0.1, 0.15) is 0 Å². The molecule has 0 aromatic carbocycles. The number of hydrogen-bond acceptors (Lipinski definition) is 4. The Labute approximate surface area is 83.7 Å². The Morgan fingerprint density at radius 2 is 2.29 bits per heavy atom. The van der Waals surface area contributed by atoms with E-state index in [2.05, 4.69) is 0 Å². The molecule has 3 N–H and O–H groups in total. The molecule has 0 aromatic heterocycles. The summed E-state index contributed by atoms with van der Waals surface area (Å²) in [5.41, 5.74) is 5.48. The highest BCUT2D eigenvalue weighted by molar-refractivity contribution is 5.72. The van der Waals surface area contributed by atoms with Gasteiger partial charge in [-0.15, -0.1) is 0 Å². The monoisotopic (exact) mass is 196 g/mol. The third kappa shape index (κ3) is 2.60. The van der Waals surface area contributed by atoms with E-state index in [-0.39, 0.29) is 17.8 Å². The molecule has 78 valence electrons. The minimum absolute atomic E-state index is 0.198. The third-order valence-electron chi connectivity index (χ3n) is 2.47. The largest absolute Gasteiger partial charge is 0.396 e. The second-order valence-corrected chi connectivity index (χ2v) is 3.50. The number of nitrogens with zero attached hydrogens (tertiary/aromatic N) is 1. The van der Waals surface area contributed by atoms with E-state index >= 15 is 0 Å². The summed E-state index contributed by atoms with van der Waals surface area (Å²) in [6.45, 7) is 0. The molecule has 0 aromatic rings. The van der Waals surface area contributed by atoms with Crippen molar-refractivity contribution in [3.63, 3.8) is 0 Å². The van der Waals surface area contributed by atoms with Gasteiger partial charge in [0.2, 0.25) is 0 Å². The second-order valence-electron chi connectivity index (χ2n) is 3.50. The molecule has 1 aliphatic rings. The summed E-state index contributed by atoms with van der Waals surface area (Å²) >= 11 is 0. The quantitative estimate of drug-likeness (QED) is 0.377. The topological polar surface area (TPSA) is 66.6 Å². The molecule has 4 heteroatoms. The highest BCUT2D eigenvalue weighted by Gasteiger charge is 2.30. The molecular weight excluding hydrogens is 180 g/mol. The van der Waals surface area contributed by atoms with E-state index in [1.54, 1.807) is 6.08 Å². The highest BCUT2D eigenvalue weighted by Crippen LogP contribution is 2.24. The fraction of sp³-hybridized carbons (Fsp3) is 0.500. The van der Waals surface area contributed by atoms with E-state index in [1.165, 1.54) is 6.08 Å². The van der Waals surface area contributed by atoms with Crippen LogP contribution in [0.15, 0.2) is 24.0 Å². The zero-order valence-corrected chi connectivity index (χ0v) is 8.26. The number of nitrogens with two attached hydrogens (primary N) is 1. The molecule has 1 aliphatic carbocycles. The zero-order valence-electron chi connectivity index (χ0n) is 8.26. The molecule has 1 fully saturated rings. The van der Waals surface area contributed by atoms with Gasteiger partial charge in [0.15, 0.2) is 6.29 Å². The summed E-state index contributed by atoms with van der Waals surface area (Å²) in [7, 11) is 1.90. The molecule has 0 spiro atoms. The summed E-state index contributed by atoms with van der Waals surface area (Å²) in [6.07, 6.45) is 7.30.